The minimum atomic E-state index is -1.97. The lowest BCUT2D eigenvalue weighted by molar-refractivity contribution is -0.325. The molecule has 0 amide bonds. The molecule has 24 atom stereocenters. The van der Waals surface area contributed by atoms with Crippen LogP contribution in [0.3, 0.4) is 0 Å². The van der Waals surface area contributed by atoms with Gasteiger partial charge in [0.25, 0.3) is 0 Å². The zero-order valence-electron chi connectivity index (χ0n) is 49.2. The van der Waals surface area contributed by atoms with Gasteiger partial charge in [0.05, 0.1) is 72.3 Å². The van der Waals surface area contributed by atoms with Gasteiger partial charge in [-0.15, -0.1) is 0 Å². The Morgan fingerprint density at radius 3 is 2.05 bits per heavy atom. The molecule has 476 valence electrons. The number of benzene rings is 2. The second-order valence-electron chi connectivity index (χ2n) is 23.5. The summed E-state index contributed by atoms with van der Waals surface area (Å²) in [5, 5.41) is 89.4. The fourth-order valence-electron chi connectivity index (χ4n) is 12.1. The zero-order valence-corrected chi connectivity index (χ0v) is 49.2. The summed E-state index contributed by atoms with van der Waals surface area (Å²) < 4.78 is 83.8. The third-order valence-electron chi connectivity index (χ3n) is 16.4. The van der Waals surface area contributed by atoms with Gasteiger partial charge in [0.2, 0.25) is 6.29 Å². The molecule has 8 rings (SSSR count). The van der Waals surface area contributed by atoms with Gasteiger partial charge < -0.3 is 112 Å². The lowest BCUT2D eigenvalue weighted by Crippen LogP contribution is -2.58. The van der Waals surface area contributed by atoms with E-state index in [4.69, 9.17) is 66.3 Å². The van der Waals surface area contributed by atoms with Gasteiger partial charge in [-0.1, -0.05) is 13.8 Å². The standard InChI is InChI=1S/C58H82O27/c1-23(2)57(70)85-56-28(7)78-44(21-58(56,9)71)81-37-18-40(74-22-36(37)64)82-38-19-43(75-25(4)48(38)66)84-55-33(54(72-10)51(69)47(65)24(3)60)15-31-13-30-14-32(16-34(62)45(30)49(67)46(31)50(55)68)80-42-20-39(79-29(8)61)53(27(6)77-42)83-41-17-35(63)52(26(5)76-41)73-12-11-59/h11,13-14,16,23-28,33,35-44,47-48,52-56,60,62-67,71H,12,15,17-22H2,1-10H3. The normalized spacial score (nSPS) is 38.2. The van der Waals surface area contributed by atoms with Gasteiger partial charge in [0.1, 0.15) is 84.6 Å². The molecular weight excluding hydrogens is 1130 g/mol. The summed E-state index contributed by atoms with van der Waals surface area (Å²) in [5.41, 5.74) is -1.68. The van der Waals surface area contributed by atoms with Crippen LogP contribution in [0.5, 0.6) is 17.2 Å². The van der Waals surface area contributed by atoms with Crippen molar-refractivity contribution in [2.75, 3.05) is 20.3 Å². The van der Waals surface area contributed by atoms with Gasteiger partial charge in [-0.2, -0.15) is 0 Å². The SMILES string of the molecule is COC(C(=O)C(O)C(C)O)C1Cc2cc3cc(OC4CC(OC(C)=O)C(OC5CC(O)C(OCC=O)C(C)O5)C(C)O4)cc(O)c3c(O)c2C(=O)C1OC1CC(OC2CC(OC3CC(C)(O)C(OC(=O)C(C)C)C(C)O3)C(O)CO2)C(O)C(C)O1. The Hall–Kier alpha value is -4.63. The van der Waals surface area contributed by atoms with Crippen LogP contribution < -0.4 is 4.74 Å². The van der Waals surface area contributed by atoms with Crippen molar-refractivity contribution in [3.8, 4) is 17.2 Å². The highest BCUT2D eigenvalue weighted by atomic mass is 16.7. The quantitative estimate of drug-likeness (QED) is 0.0640. The number of carbonyl (C=O) groups excluding carboxylic acids is 5. The number of carbonyl (C=O) groups is 5. The number of aldehydes is 1. The first-order valence-corrected chi connectivity index (χ1v) is 28.8. The molecule has 27 heteroatoms. The number of Topliss-reactive ketones (excluding diaryl/α,β-unsaturated/α-hetero) is 2. The number of hydrogen-bond donors (Lipinski definition) is 8. The molecule has 0 radical (unpaired) electrons. The molecule has 2 aromatic rings. The Morgan fingerprint density at radius 1 is 0.765 bits per heavy atom. The number of aliphatic hydroxyl groups is 6. The predicted octanol–water partition coefficient (Wildman–Crippen LogP) is 1.05. The molecule has 1 aliphatic carbocycles. The number of phenols is 2. The van der Waals surface area contributed by atoms with E-state index in [1.165, 1.54) is 53.0 Å². The number of fused-ring (bicyclic) bond motifs is 2. The second-order valence-corrected chi connectivity index (χ2v) is 23.5. The molecule has 5 heterocycles. The maximum Gasteiger partial charge on any atom is 0.308 e. The van der Waals surface area contributed by atoms with Gasteiger partial charge in [0, 0.05) is 58.1 Å². The molecule has 2 aromatic carbocycles. The maximum absolute atomic E-state index is 15.0. The van der Waals surface area contributed by atoms with Crippen molar-refractivity contribution in [3.05, 3.63) is 29.3 Å². The molecule has 8 N–H and O–H groups in total. The van der Waals surface area contributed by atoms with Crippen molar-refractivity contribution in [1.82, 2.24) is 0 Å². The van der Waals surface area contributed by atoms with Crippen LogP contribution in [0.25, 0.3) is 10.8 Å². The van der Waals surface area contributed by atoms with Crippen LogP contribution in [0, 0.1) is 11.8 Å². The molecular formula is C58H82O27. The molecule has 5 fully saturated rings. The van der Waals surface area contributed by atoms with Crippen molar-refractivity contribution >= 4 is 40.6 Å². The highest BCUT2D eigenvalue weighted by Crippen LogP contribution is 2.46. The number of rotatable bonds is 21. The predicted molar refractivity (Wildman–Crippen MR) is 287 cm³/mol. The average molecular weight is 1210 g/mol. The molecule has 0 aromatic heterocycles. The highest BCUT2D eigenvalue weighted by Gasteiger charge is 2.52. The maximum atomic E-state index is 15.0. The van der Waals surface area contributed by atoms with Crippen molar-refractivity contribution in [3.63, 3.8) is 0 Å². The monoisotopic (exact) mass is 1210 g/mol. The van der Waals surface area contributed by atoms with Gasteiger partial charge in [-0.3, -0.25) is 19.2 Å². The molecule has 0 bridgehead atoms. The lowest BCUT2D eigenvalue weighted by Gasteiger charge is -2.46. The molecule has 5 saturated heterocycles. The van der Waals surface area contributed by atoms with Crippen molar-refractivity contribution < 1.29 is 131 Å². The second kappa shape index (κ2) is 27.8. The first-order chi connectivity index (χ1) is 40.1. The number of phenolic OH excluding ortho intramolecular Hbond substituents is 2. The topological polar surface area (TPSA) is 376 Å². The van der Waals surface area contributed by atoms with Gasteiger partial charge in [-0.25, -0.2) is 0 Å². The molecule has 27 nitrogen and oxygen atoms in total. The minimum Gasteiger partial charge on any atom is -0.507 e. The van der Waals surface area contributed by atoms with Crippen molar-refractivity contribution in [2.45, 2.75) is 242 Å². The smallest absolute Gasteiger partial charge is 0.308 e. The summed E-state index contributed by atoms with van der Waals surface area (Å²) in [5.74, 6) is -5.92. The van der Waals surface area contributed by atoms with Crippen LogP contribution >= 0.6 is 0 Å². The summed E-state index contributed by atoms with van der Waals surface area (Å²) >= 11 is 0. The van der Waals surface area contributed by atoms with Gasteiger partial charge in [-0.05, 0) is 71.0 Å². The van der Waals surface area contributed by atoms with Crippen LogP contribution in [0.1, 0.15) is 110 Å². The fraction of sp³-hybridized carbons (Fsp3) is 0.741. The van der Waals surface area contributed by atoms with Crippen LogP contribution in [-0.4, -0.2) is 232 Å². The Balaban J connectivity index is 0.993. The molecule has 6 aliphatic rings. The van der Waals surface area contributed by atoms with Crippen LogP contribution in [-0.2, 0) is 87.2 Å². The van der Waals surface area contributed by atoms with E-state index >= 15 is 4.79 Å². The Bertz CT molecular complexity index is 2650. The average Bonchev–Trinajstić information content (AvgIpc) is 1.17. The molecule has 0 saturated carbocycles. The van der Waals surface area contributed by atoms with Crippen LogP contribution in [0.4, 0.5) is 0 Å². The summed E-state index contributed by atoms with van der Waals surface area (Å²) in [7, 11) is 1.17. The largest absolute Gasteiger partial charge is 0.507 e. The first kappa shape index (κ1) is 66.3. The third kappa shape index (κ3) is 15.1. The van der Waals surface area contributed by atoms with E-state index in [-0.39, 0.29) is 79.4 Å². The summed E-state index contributed by atoms with van der Waals surface area (Å²) in [6.45, 7) is 13.2. The van der Waals surface area contributed by atoms with E-state index in [1.807, 2.05) is 0 Å². The van der Waals surface area contributed by atoms with E-state index in [0.29, 0.717) is 6.29 Å². The lowest BCUT2D eigenvalue weighted by atomic mass is 9.75. The van der Waals surface area contributed by atoms with Crippen molar-refractivity contribution in [2.24, 2.45) is 11.8 Å². The summed E-state index contributed by atoms with van der Waals surface area (Å²) in [6, 6.07) is 4.13. The van der Waals surface area contributed by atoms with E-state index in [2.05, 4.69) is 0 Å². The van der Waals surface area contributed by atoms with Crippen molar-refractivity contribution in [1.29, 1.82) is 0 Å². The summed E-state index contributed by atoms with van der Waals surface area (Å²) in [6.07, 6.45) is -25.3. The molecule has 0 spiro atoms. The number of ketones is 2. The number of aromatic hydroxyl groups is 2. The molecule has 5 aliphatic heterocycles. The van der Waals surface area contributed by atoms with Gasteiger partial charge >= 0.3 is 11.9 Å². The number of esters is 2. The Labute approximate surface area is 490 Å². The Kier molecular flexibility index (Phi) is 21.7. The first-order valence-electron chi connectivity index (χ1n) is 28.8. The van der Waals surface area contributed by atoms with Crippen LogP contribution in [0.15, 0.2) is 18.2 Å². The van der Waals surface area contributed by atoms with E-state index in [9.17, 15) is 60.0 Å². The molecule has 24 unspecified atom stereocenters. The van der Waals surface area contributed by atoms with E-state index < -0.39 is 188 Å². The number of hydrogen-bond acceptors (Lipinski definition) is 27. The van der Waals surface area contributed by atoms with Crippen LogP contribution in [0.2, 0.25) is 0 Å². The Morgan fingerprint density at radius 2 is 1.40 bits per heavy atom. The summed E-state index contributed by atoms with van der Waals surface area (Å²) in [4.78, 5) is 64.7. The third-order valence-corrected chi connectivity index (χ3v) is 16.4. The number of methoxy groups -OCH3 is 1. The zero-order chi connectivity index (χ0) is 62.1. The van der Waals surface area contributed by atoms with E-state index in [1.54, 1.807) is 34.6 Å². The van der Waals surface area contributed by atoms with Gasteiger partial charge in [0.15, 0.2) is 42.8 Å². The van der Waals surface area contributed by atoms with E-state index in [0.717, 1.165) is 0 Å². The molecule has 85 heavy (non-hydrogen) atoms. The minimum absolute atomic E-state index is 0.0182. The fourth-order valence-corrected chi connectivity index (χ4v) is 12.1. The highest BCUT2D eigenvalue weighted by molar-refractivity contribution is 6.11. The number of ether oxygens (including phenoxy) is 14. The number of aliphatic hydroxyl groups excluding tert-OH is 5.